The molecule has 8 heteroatoms. The average Bonchev–Trinajstić information content (AvgIpc) is 3.18. The van der Waals surface area contributed by atoms with E-state index in [4.69, 9.17) is 18.9 Å². The number of hydrogen-bond acceptors (Lipinski definition) is 6. The monoisotopic (exact) mass is 598 g/mol. The van der Waals surface area contributed by atoms with Crippen molar-refractivity contribution in [3.8, 4) is 17.2 Å². The molecule has 0 atom stereocenters. The van der Waals surface area contributed by atoms with E-state index in [9.17, 15) is 9.59 Å². The zero-order valence-electron chi connectivity index (χ0n) is 19.1. The minimum absolute atomic E-state index is 0.0499. The molecular weight excluding hydrogens is 580 g/mol. The van der Waals surface area contributed by atoms with Gasteiger partial charge in [0.15, 0.2) is 0 Å². The third-order valence-corrected chi connectivity index (χ3v) is 6.64. The van der Waals surface area contributed by atoms with Gasteiger partial charge in [0.25, 0.3) is 0 Å². The summed E-state index contributed by atoms with van der Waals surface area (Å²) in [7, 11) is 4.69. The summed E-state index contributed by atoms with van der Waals surface area (Å²) in [6.07, 6.45) is 1.71. The fourth-order valence-electron chi connectivity index (χ4n) is 3.65. The molecule has 35 heavy (non-hydrogen) atoms. The number of esters is 1. The normalized spacial score (nSPS) is 14.2. The Hall–Kier alpha value is -3.36. The van der Waals surface area contributed by atoms with E-state index in [0.717, 1.165) is 10.0 Å². The average molecular weight is 600 g/mol. The summed E-state index contributed by atoms with van der Waals surface area (Å²) in [5.41, 5.74) is 2.07. The first-order chi connectivity index (χ1) is 16.9. The number of methoxy groups -OCH3 is 3. The van der Waals surface area contributed by atoms with Gasteiger partial charge in [0.1, 0.15) is 28.6 Å². The first kappa shape index (κ1) is 24.8. The van der Waals surface area contributed by atoms with E-state index in [-0.39, 0.29) is 11.3 Å². The maximum Gasteiger partial charge on any atom is 0.348 e. The maximum atomic E-state index is 13.5. The summed E-state index contributed by atoms with van der Waals surface area (Å²) in [4.78, 5) is 26.5. The van der Waals surface area contributed by atoms with Crippen molar-refractivity contribution in [1.82, 2.24) is 0 Å². The molecule has 0 aliphatic carbocycles. The minimum atomic E-state index is -0.716. The molecule has 0 amide bonds. The van der Waals surface area contributed by atoms with Crippen molar-refractivity contribution < 1.29 is 28.5 Å². The molecule has 3 aromatic carbocycles. The number of halogens is 2. The standard InChI is InChI=1S/C27H20Br2O6/c1-32-18-8-5-16(6-9-18)26(30)25-24(17-7-11-22(34-3)20(29)14-17)23(35-27(25)31)13-15-4-10-21(33-2)19(28)12-15/h4-14H,1-3H3/b23-13-. The molecular formula is C27H20Br2O6. The molecule has 0 fully saturated rings. The second-order valence-electron chi connectivity index (χ2n) is 7.45. The molecule has 1 heterocycles. The van der Waals surface area contributed by atoms with Gasteiger partial charge in [-0.05, 0) is 97.6 Å². The van der Waals surface area contributed by atoms with Crippen LogP contribution in [0.4, 0.5) is 0 Å². The zero-order chi connectivity index (χ0) is 25.1. The van der Waals surface area contributed by atoms with Crippen LogP contribution in [0.1, 0.15) is 21.5 Å². The van der Waals surface area contributed by atoms with Crippen LogP contribution in [0.3, 0.4) is 0 Å². The van der Waals surface area contributed by atoms with Gasteiger partial charge >= 0.3 is 5.97 Å². The zero-order valence-corrected chi connectivity index (χ0v) is 22.2. The molecule has 0 radical (unpaired) electrons. The fraction of sp³-hybridized carbons (Fsp3) is 0.111. The van der Waals surface area contributed by atoms with Crippen LogP contribution < -0.4 is 14.2 Å². The van der Waals surface area contributed by atoms with Gasteiger partial charge in [-0.3, -0.25) is 4.79 Å². The number of hydrogen-bond donors (Lipinski definition) is 0. The highest BCUT2D eigenvalue weighted by atomic mass is 79.9. The Kier molecular flexibility index (Phi) is 7.42. The highest BCUT2D eigenvalue weighted by molar-refractivity contribution is 9.10. The van der Waals surface area contributed by atoms with Gasteiger partial charge in [0, 0.05) is 11.1 Å². The molecule has 0 N–H and O–H groups in total. The lowest BCUT2D eigenvalue weighted by atomic mass is 9.93. The number of allylic oxidation sites excluding steroid dienone is 1. The molecule has 0 aromatic heterocycles. The second-order valence-corrected chi connectivity index (χ2v) is 9.16. The van der Waals surface area contributed by atoms with Gasteiger partial charge < -0.3 is 18.9 Å². The van der Waals surface area contributed by atoms with Crippen LogP contribution in [0.15, 0.2) is 80.9 Å². The quantitative estimate of drug-likeness (QED) is 0.176. The molecule has 3 aromatic rings. The first-order valence-corrected chi connectivity index (χ1v) is 12.0. The van der Waals surface area contributed by atoms with Crippen molar-refractivity contribution in [1.29, 1.82) is 0 Å². The lowest BCUT2D eigenvalue weighted by Crippen LogP contribution is -2.11. The van der Waals surface area contributed by atoms with Crippen molar-refractivity contribution in [2.24, 2.45) is 0 Å². The van der Waals surface area contributed by atoms with E-state index in [1.807, 2.05) is 12.1 Å². The van der Waals surface area contributed by atoms with E-state index >= 15 is 0 Å². The van der Waals surface area contributed by atoms with Crippen LogP contribution in [-0.4, -0.2) is 33.1 Å². The first-order valence-electron chi connectivity index (χ1n) is 10.4. The van der Waals surface area contributed by atoms with Crippen molar-refractivity contribution in [3.05, 3.63) is 97.6 Å². The summed E-state index contributed by atoms with van der Waals surface area (Å²) in [6.45, 7) is 0. The Morgan fingerprint density at radius 1 is 0.829 bits per heavy atom. The van der Waals surface area contributed by atoms with Crippen molar-refractivity contribution in [2.45, 2.75) is 0 Å². The number of carbonyl (C=O) groups excluding carboxylic acids is 2. The van der Waals surface area contributed by atoms with Crippen molar-refractivity contribution in [3.63, 3.8) is 0 Å². The van der Waals surface area contributed by atoms with Crippen LogP contribution in [-0.2, 0) is 9.53 Å². The topological polar surface area (TPSA) is 71.1 Å². The van der Waals surface area contributed by atoms with Crippen molar-refractivity contribution in [2.75, 3.05) is 21.3 Å². The number of ether oxygens (including phenoxy) is 4. The van der Waals surface area contributed by atoms with E-state index in [0.29, 0.717) is 38.4 Å². The molecule has 0 saturated carbocycles. The third-order valence-electron chi connectivity index (χ3n) is 5.40. The van der Waals surface area contributed by atoms with E-state index in [2.05, 4.69) is 31.9 Å². The summed E-state index contributed by atoms with van der Waals surface area (Å²) in [5.74, 6) is 0.994. The van der Waals surface area contributed by atoms with Gasteiger partial charge in [-0.1, -0.05) is 12.1 Å². The van der Waals surface area contributed by atoms with Gasteiger partial charge in [0.05, 0.1) is 30.3 Å². The largest absolute Gasteiger partial charge is 0.497 e. The van der Waals surface area contributed by atoms with E-state index in [1.165, 1.54) is 0 Å². The second kappa shape index (κ2) is 10.5. The summed E-state index contributed by atoms with van der Waals surface area (Å²) >= 11 is 6.96. The van der Waals surface area contributed by atoms with Gasteiger partial charge in [-0.2, -0.15) is 0 Å². The Balaban J connectivity index is 1.89. The minimum Gasteiger partial charge on any atom is -0.497 e. The molecule has 6 nitrogen and oxygen atoms in total. The molecule has 178 valence electrons. The maximum absolute atomic E-state index is 13.5. The molecule has 1 aliphatic heterocycles. The number of benzene rings is 3. The van der Waals surface area contributed by atoms with Gasteiger partial charge in [0.2, 0.25) is 5.78 Å². The van der Waals surface area contributed by atoms with Crippen LogP contribution in [0, 0.1) is 0 Å². The fourth-order valence-corrected chi connectivity index (χ4v) is 4.75. The molecule has 4 rings (SSSR count). The highest BCUT2D eigenvalue weighted by Gasteiger charge is 2.36. The van der Waals surface area contributed by atoms with E-state index in [1.54, 1.807) is 75.9 Å². The molecule has 0 spiro atoms. The highest BCUT2D eigenvalue weighted by Crippen LogP contribution is 2.40. The number of ketones is 1. The summed E-state index contributed by atoms with van der Waals surface area (Å²) in [6, 6.07) is 17.4. The molecule has 1 aliphatic rings. The number of rotatable bonds is 7. The predicted octanol–water partition coefficient (Wildman–Crippen LogP) is 6.47. The lowest BCUT2D eigenvalue weighted by Gasteiger charge is -2.10. The number of cyclic esters (lactones) is 1. The SMILES string of the molecule is COc1ccc(C(=O)C2=C(c3ccc(OC)c(Br)c3)/C(=C/c3ccc(OC)c(Br)c3)OC2=O)cc1. The lowest BCUT2D eigenvalue weighted by molar-refractivity contribution is -0.132. The molecule has 0 bridgehead atoms. The number of carbonyl (C=O) groups is 2. The predicted molar refractivity (Wildman–Crippen MR) is 140 cm³/mol. The van der Waals surface area contributed by atoms with Crippen LogP contribution in [0.5, 0.6) is 17.2 Å². The summed E-state index contributed by atoms with van der Waals surface area (Å²) in [5, 5.41) is 0. The Morgan fingerprint density at radius 3 is 2.03 bits per heavy atom. The van der Waals surface area contributed by atoms with Crippen molar-refractivity contribution >= 4 is 55.3 Å². The smallest absolute Gasteiger partial charge is 0.348 e. The van der Waals surface area contributed by atoms with Gasteiger partial charge in [-0.15, -0.1) is 0 Å². The third kappa shape index (κ3) is 5.04. The molecule has 0 saturated heterocycles. The van der Waals surface area contributed by atoms with Crippen LogP contribution >= 0.6 is 31.9 Å². The Morgan fingerprint density at radius 2 is 1.46 bits per heavy atom. The van der Waals surface area contributed by atoms with E-state index < -0.39 is 11.8 Å². The van der Waals surface area contributed by atoms with Crippen LogP contribution in [0.25, 0.3) is 11.6 Å². The Bertz CT molecular complexity index is 1370. The Labute approximate surface area is 219 Å². The molecule has 0 unspecified atom stereocenters. The summed E-state index contributed by atoms with van der Waals surface area (Å²) < 4.78 is 22.9. The van der Waals surface area contributed by atoms with Gasteiger partial charge in [-0.25, -0.2) is 4.79 Å². The van der Waals surface area contributed by atoms with Crippen LogP contribution in [0.2, 0.25) is 0 Å². The number of Topliss-reactive ketones (excluding diaryl/α,β-unsaturated/α-hetero) is 1.